The number of nitrogens with zero attached hydrogens (tertiary/aromatic N) is 2. The highest BCUT2D eigenvalue weighted by molar-refractivity contribution is 5.85. The molecule has 16 heavy (non-hydrogen) atoms. The Morgan fingerprint density at radius 3 is 2.50 bits per heavy atom. The summed E-state index contributed by atoms with van der Waals surface area (Å²) < 4.78 is 0. The Morgan fingerprint density at radius 1 is 1.69 bits per heavy atom. The lowest BCUT2D eigenvalue weighted by Gasteiger charge is -2.32. The van der Waals surface area contributed by atoms with Crippen molar-refractivity contribution in [3.8, 4) is 0 Å². The largest absolute Gasteiger partial charge is 0.415 e. The summed E-state index contributed by atoms with van der Waals surface area (Å²) >= 11 is 0. The van der Waals surface area contributed by atoms with Gasteiger partial charge >= 0.3 is 5.79 Å². The number of hydrogen-bond acceptors (Lipinski definition) is 7. The normalized spacial score (nSPS) is 24.1. The third kappa shape index (κ3) is 2.47. The SMILES string of the molecule is CCC(ON)C1([N+](=O)[O-])NC=CN1N.Cl.Cl. The summed E-state index contributed by atoms with van der Waals surface area (Å²) in [6, 6.07) is 0. The van der Waals surface area contributed by atoms with Crippen LogP contribution in [0.1, 0.15) is 13.3 Å². The molecular formula is C6H15Cl2N5O3. The number of halogens is 2. The van der Waals surface area contributed by atoms with E-state index in [1.54, 1.807) is 6.92 Å². The van der Waals surface area contributed by atoms with Gasteiger partial charge in [0.25, 0.3) is 0 Å². The van der Waals surface area contributed by atoms with Gasteiger partial charge < -0.3 is 5.32 Å². The van der Waals surface area contributed by atoms with E-state index < -0.39 is 16.8 Å². The van der Waals surface area contributed by atoms with E-state index in [1.807, 2.05) is 0 Å². The number of hydrogen-bond donors (Lipinski definition) is 3. The van der Waals surface area contributed by atoms with E-state index in [4.69, 9.17) is 11.7 Å². The minimum atomic E-state index is -1.70. The zero-order chi connectivity index (χ0) is 10.8. The Bertz CT molecular complexity index is 263. The summed E-state index contributed by atoms with van der Waals surface area (Å²) in [5.74, 6) is 8.76. The van der Waals surface area contributed by atoms with Gasteiger partial charge in [0.2, 0.25) is 0 Å². The average molecular weight is 276 g/mol. The van der Waals surface area contributed by atoms with Crippen LogP contribution in [-0.2, 0) is 4.84 Å². The summed E-state index contributed by atoms with van der Waals surface area (Å²) in [5, 5.41) is 14.4. The van der Waals surface area contributed by atoms with Gasteiger partial charge in [-0.15, -0.1) is 24.8 Å². The lowest BCUT2D eigenvalue weighted by molar-refractivity contribution is -0.617. The molecule has 1 aliphatic rings. The van der Waals surface area contributed by atoms with Gasteiger partial charge in [-0.3, -0.25) is 15.0 Å². The standard InChI is InChI=1S/C6H13N5O3.2ClH/c1-2-5(14-8)6(11(12)13)9-3-4-10(6)7;;/h3-5,9H,2,7-8H2,1H3;2*1H. The van der Waals surface area contributed by atoms with Crippen molar-refractivity contribution in [2.45, 2.75) is 25.2 Å². The van der Waals surface area contributed by atoms with Crippen LogP contribution in [0.4, 0.5) is 0 Å². The summed E-state index contributed by atoms with van der Waals surface area (Å²) in [6.07, 6.45) is 2.26. The van der Waals surface area contributed by atoms with Crippen molar-refractivity contribution >= 4 is 24.8 Å². The van der Waals surface area contributed by atoms with Crippen LogP contribution in [-0.4, -0.2) is 21.8 Å². The Balaban J connectivity index is 0. The van der Waals surface area contributed by atoms with Crippen LogP contribution < -0.4 is 17.1 Å². The molecule has 0 aromatic rings. The van der Waals surface area contributed by atoms with E-state index in [0.29, 0.717) is 6.42 Å². The van der Waals surface area contributed by atoms with Gasteiger partial charge in [-0.1, -0.05) is 6.92 Å². The molecular weight excluding hydrogens is 261 g/mol. The summed E-state index contributed by atoms with van der Waals surface area (Å²) in [4.78, 5) is 14.9. The van der Waals surface area contributed by atoms with Crippen molar-refractivity contribution in [3.05, 3.63) is 22.5 Å². The highest BCUT2D eigenvalue weighted by Crippen LogP contribution is 2.23. The number of nitrogens with two attached hydrogens (primary N) is 2. The van der Waals surface area contributed by atoms with Crippen LogP contribution in [0.25, 0.3) is 0 Å². The Kier molecular flexibility index (Phi) is 7.38. The van der Waals surface area contributed by atoms with E-state index in [2.05, 4.69) is 10.2 Å². The fraction of sp³-hybridized carbons (Fsp3) is 0.667. The molecule has 0 aliphatic carbocycles. The lowest BCUT2D eigenvalue weighted by Crippen LogP contribution is -2.68. The Labute approximate surface area is 105 Å². The zero-order valence-corrected chi connectivity index (χ0v) is 10.2. The molecule has 5 N–H and O–H groups in total. The Hall–Kier alpha value is -0.800. The first kappa shape index (κ1) is 17.6. The number of nitrogens with one attached hydrogen (secondary N) is 1. The van der Waals surface area contributed by atoms with Crippen LogP contribution in [0.15, 0.2) is 12.4 Å². The number of hydrazine groups is 1. The molecule has 8 nitrogen and oxygen atoms in total. The van der Waals surface area contributed by atoms with Crippen molar-refractivity contribution in [2.75, 3.05) is 0 Å². The first-order valence-electron chi connectivity index (χ1n) is 4.08. The topological polar surface area (TPSA) is 120 Å². The summed E-state index contributed by atoms with van der Waals surface area (Å²) in [5.41, 5.74) is 0. The monoisotopic (exact) mass is 275 g/mol. The molecule has 1 aliphatic heterocycles. The molecule has 96 valence electrons. The van der Waals surface area contributed by atoms with Crippen LogP contribution in [0.3, 0.4) is 0 Å². The predicted molar refractivity (Wildman–Crippen MR) is 61.9 cm³/mol. The fourth-order valence-electron chi connectivity index (χ4n) is 1.43. The lowest BCUT2D eigenvalue weighted by atomic mass is 10.1. The molecule has 0 spiro atoms. The van der Waals surface area contributed by atoms with Crippen LogP contribution >= 0.6 is 24.8 Å². The highest BCUT2D eigenvalue weighted by atomic mass is 35.5. The molecule has 0 aromatic carbocycles. The van der Waals surface area contributed by atoms with E-state index in [1.165, 1.54) is 12.4 Å². The first-order valence-corrected chi connectivity index (χ1v) is 4.08. The van der Waals surface area contributed by atoms with Gasteiger partial charge in [-0.05, 0) is 6.42 Å². The molecule has 0 aromatic heterocycles. The van der Waals surface area contributed by atoms with Gasteiger partial charge in [-0.2, -0.15) is 0 Å². The van der Waals surface area contributed by atoms with Gasteiger partial charge in [0, 0.05) is 12.4 Å². The smallest absolute Gasteiger partial charge is 0.304 e. The summed E-state index contributed by atoms with van der Waals surface area (Å²) in [6.45, 7) is 1.72. The molecule has 0 saturated carbocycles. The quantitative estimate of drug-likeness (QED) is 0.365. The second-order valence-electron chi connectivity index (χ2n) is 2.88. The zero-order valence-electron chi connectivity index (χ0n) is 8.53. The van der Waals surface area contributed by atoms with Crippen molar-refractivity contribution in [1.29, 1.82) is 0 Å². The molecule has 0 bridgehead atoms. The maximum absolute atomic E-state index is 10.9. The van der Waals surface area contributed by atoms with E-state index in [0.717, 1.165) is 5.01 Å². The maximum atomic E-state index is 10.9. The van der Waals surface area contributed by atoms with E-state index >= 15 is 0 Å². The Morgan fingerprint density at radius 2 is 2.25 bits per heavy atom. The predicted octanol–water partition coefficient (Wildman–Crippen LogP) is -0.321. The molecule has 1 heterocycles. The minimum Gasteiger partial charge on any atom is -0.304 e. The number of nitro groups is 1. The third-order valence-electron chi connectivity index (χ3n) is 2.19. The molecule has 0 saturated heterocycles. The van der Waals surface area contributed by atoms with Gasteiger partial charge in [0.15, 0.2) is 6.10 Å². The van der Waals surface area contributed by atoms with E-state index in [-0.39, 0.29) is 24.8 Å². The third-order valence-corrected chi connectivity index (χ3v) is 2.19. The van der Waals surface area contributed by atoms with Crippen molar-refractivity contribution in [1.82, 2.24) is 10.3 Å². The van der Waals surface area contributed by atoms with Gasteiger partial charge in [0.05, 0.1) is 4.92 Å². The average Bonchev–Trinajstić information content (AvgIpc) is 2.51. The van der Waals surface area contributed by atoms with Crippen LogP contribution in [0.5, 0.6) is 0 Å². The maximum Gasteiger partial charge on any atom is 0.415 e. The molecule has 2 unspecified atom stereocenters. The molecule has 0 fully saturated rings. The fourth-order valence-corrected chi connectivity index (χ4v) is 1.43. The van der Waals surface area contributed by atoms with Crippen molar-refractivity contribution < 1.29 is 9.76 Å². The molecule has 0 amide bonds. The highest BCUT2D eigenvalue weighted by Gasteiger charge is 2.56. The van der Waals surface area contributed by atoms with Crippen molar-refractivity contribution in [3.63, 3.8) is 0 Å². The van der Waals surface area contributed by atoms with Gasteiger partial charge in [-0.25, -0.2) is 16.7 Å². The molecule has 2 atom stereocenters. The van der Waals surface area contributed by atoms with E-state index in [9.17, 15) is 10.1 Å². The van der Waals surface area contributed by atoms with Crippen LogP contribution in [0, 0.1) is 10.1 Å². The second kappa shape index (κ2) is 6.71. The molecule has 10 heteroatoms. The van der Waals surface area contributed by atoms with Gasteiger partial charge in [0.1, 0.15) is 0 Å². The van der Waals surface area contributed by atoms with Crippen molar-refractivity contribution in [2.24, 2.45) is 11.7 Å². The second-order valence-corrected chi connectivity index (χ2v) is 2.88. The number of rotatable bonds is 4. The molecule has 1 rings (SSSR count). The first-order chi connectivity index (χ1) is 6.59. The minimum absolute atomic E-state index is 0. The van der Waals surface area contributed by atoms with Crippen LogP contribution in [0.2, 0.25) is 0 Å². The molecule has 0 radical (unpaired) electrons. The summed E-state index contributed by atoms with van der Waals surface area (Å²) in [7, 11) is 0.